The van der Waals surface area contributed by atoms with Gasteiger partial charge in [0.2, 0.25) is 0 Å². The van der Waals surface area contributed by atoms with E-state index in [0.717, 1.165) is 16.5 Å². The molecule has 29 heavy (non-hydrogen) atoms. The lowest BCUT2D eigenvalue weighted by atomic mass is 10.0. The molecule has 0 saturated heterocycles. The van der Waals surface area contributed by atoms with E-state index in [-0.39, 0.29) is 9.70 Å². The first-order valence-electron chi connectivity index (χ1n) is 9.21. The van der Waals surface area contributed by atoms with Crippen LogP contribution in [0.1, 0.15) is 11.1 Å². The van der Waals surface area contributed by atoms with Gasteiger partial charge in [0.05, 0.1) is 12.8 Å². The molecule has 2 aliphatic rings. The first-order chi connectivity index (χ1) is 14.2. The molecule has 2 nitrogen and oxygen atoms in total. The second kappa shape index (κ2) is 7.79. The third-order valence-corrected chi connectivity index (χ3v) is 9.21. The SMILES string of the molecule is COc1ccc(N2C=C(c3ccccc3)C3=S2SC(c2ccc(Cl)cc2)=C3)cc1. The summed E-state index contributed by atoms with van der Waals surface area (Å²) in [4.78, 5) is 2.64. The molecule has 0 radical (unpaired) electrons. The van der Waals surface area contributed by atoms with Crippen molar-refractivity contribution in [3.63, 3.8) is 0 Å². The molecule has 2 heterocycles. The van der Waals surface area contributed by atoms with E-state index in [1.54, 1.807) is 7.11 Å². The molecule has 5 heteroatoms. The molecule has 1 unspecified atom stereocenters. The largest absolute Gasteiger partial charge is 0.497 e. The fourth-order valence-corrected chi connectivity index (χ4v) is 7.85. The van der Waals surface area contributed by atoms with Crippen molar-refractivity contribution in [2.75, 3.05) is 11.4 Å². The summed E-state index contributed by atoms with van der Waals surface area (Å²) in [6, 6.07) is 27.0. The van der Waals surface area contributed by atoms with Crippen LogP contribution in [-0.2, 0) is 0 Å². The summed E-state index contributed by atoms with van der Waals surface area (Å²) < 4.78 is 7.71. The Kier molecular flexibility index (Phi) is 5.00. The Balaban J connectivity index is 1.56. The zero-order valence-electron chi connectivity index (χ0n) is 15.7. The van der Waals surface area contributed by atoms with Crippen molar-refractivity contribution in [3.05, 3.63) is 107 Å². The standard InChI is InChI=1S/C24H18ClNOS2/c1-27-21-13-11-20(12-14-21)26-16-22(17-5-3-2-4-6-17)24-15-23(28-29(24)26)18-7-9-19(25)10-8-18/h2-16H,1H3. The van der Waals surface area contributed by atoms with Crippen LogP contribution in [-0.4, -0.2) is 12.0 Å². The average Bonchev–Trinajstić information content (AvgIpc) is 3.35. The number of rotatable bonds is 4. The summed E-state index contributed by atoms with van der Waals surface area (Å²) in [6.45, 7) is 0. The van der Waals surface area contributed by atoms with Crippen LogP contribution >= 0.6 is 32.1 Å². The van der Waals surface area contributed by atoms with Gasteiger partial charge in [0.25, 0.3) is 0 Å². The van der Waals surface area contributed by atoms with Crippen LogP contribution in [0.2, 0.25) is 5.02 Å². The van der Waals surface area contributed by atoms with Crippen molar-refractivity contribution in [1.29, 1.82) is 0 Å². The number of methoxy groups -OCH3 is 1. The first kappa shape index (κ1) is 18.6. The predicted molar refractivity (Wildman–Crippen MR) is 130 cm³/mol. The van der Waals surface area contributed by atoms with Gasteiger partial charge in [-0.15, -0.1) is 0 Å². The summed E-state index contributed by atoms with van der Waals surface area (Å²) >= 11 is 6.09. The number of hydrogen-bond acceptors (Lipinski definition) is 3. The minimum atomic E-state index is -0.124. The summed E-state index contributed by atoms with van der Waals surface area (Å²) in [5, 5.41) is 0.761. The van der Waals surface area contributed by atoms with Crippen LogP contribution in [0, 0.1) is 0 Å². The minimum absolute atomic E-state index is 0.124. The maximum Gasteiger partial charge on any atom is 0.119 e. The van der Waals surface area contributed by atoms with Crippen molar-refractivity contribution in [2.24, 2.45) is 0 Å². The molecule has 0 saturated carbocycles. The second-order valence-corrected chi connectivity index (χ2v) is 10.5. The minimum Gasteiger partial charge on any atom is -0.497 e. The van der Waals surface area contributed by atoms with Crippen LogP contribution < -0.4 is 9.04 Å². The number of ether oxygens (including phenoxy) is 1. The number of halogens is 1. The highest BCUT2D eigenvalue weighted by atomic mass is 35.5. The van der Waals surface area contributed by atoms with E-state index < -0.39 is 0 Å². The first-order valence-corrected chi connectivity index (χ1v) is 12.1. The number of nitrogens with zero attached hydrogens (tertiary/aromatic N) is 1. The molecule has 0 fully saturated rings. The van der Waals surface area contributed by atoms with Crippen molar-refractivity contribution in [2.45, 2.75) is 0 Å². The molecule has 0 amide bonds. The lowest BCUT2D eigenvalue weighted by molar-refractivity contribution is 0.415. The fraction of sp³-hybridized carbons (Fsp3) is 0.0417. The highest BCUT2D eigenvalue weighted by Crippen LogP contribution is 2.57. The van der Waals surface area contributed by atoms with Crippen molar-refractivity contribution in [1.82, 2.24) is 0 Å². The normalized spacial score (nSPS) is 17.8. The third kappa shape index (κ3) is 3.52. The lowest BCUT2D eigenvalue weighted by Gasteiger charge is -2.20. The Bertz CT molecular complexity index is 1150. The smallest absolute Gasteiger partial charge is 0.119 e. The average molecular weight is 436 g/mol. The second-order valence-electron chi connectivity index (χ2n) is 6.64. The Hall–Kier alpha value is -2.40. The molecule has 5 rings (SSSR count). The highest BCUT2D eigenvalue weighted by molar-refractivity contribution is 8.88. The molecule has 2 aliphatic heterocycles. The van der Waals surface area contributed by atoms with Crippen molar-refractivity contribution < 1.29 is 4.74 Å². The number of anilines is 1. The zero-order chi connectivity index (χ0) is 19.8. The van der Waals surface area contributed by atoms with Gasteiger partial charge in [0.15, 0.2) is 0 Å². The molecule has 0 spiro atoms. The van der Waals surface area contributed by atoms with E-state index in [1.165, 1.54) is 26.5 Å². The molecular weight excluding hydrogens is 418 g/mol. The van der Waals surface area contributed by atoms with E-state index in [4.69, 9.17) is 16.3 Å². The maximum absolute atomic E-state index is 6.09. The molecule has 3 aromatic rings. The van der Waals surface area contributed by atoms with Gasteiger partial charge >= 0.3 is 0 Å². The van der Waals surface area contributed by atoms with E-state index in [1.807, 2.05) is 35.1 Å². The van der Waals surface area contributed by atoms with Crippen molar-refractivity contribution in [3.8, 4) is 5.75 Å². The van der Waals surface area contributed by atoms with E-state index in [2.05, 4.69) is 71.2 Å². The van der Waals surface area contributed by atoms with Gasteiger partial charge in [-0.3, -0.25) is 4.31 Å². The number of hydrogen-bond donors (Lipinski definition) is 0. The van der Waals surface area contributed by atoms with Gasteiger partial charge in [-0.25, -0.2) is 0 Å². The Morgan fingerprint density at radius 1 is 0.862 bits per heavy atom. The van der Waals surface area contributed by atoms with Crippen LogP contribution in [0.15, 0.2) is 91.1 Å². The number of benzene rings is 3. The summed E-state index contributed by atoms with van der Waals surface area (Å²) in [5.74, 6) is 0.867. The van der Waals surface area contributed by atoms with Crippen LogP contribution in [0.4, 0.5) is 5.69 Å². The summed E-state index contributed by atoms with van der Waals surface area (Å²) in [7, 11) is 3.47. The topological polar surface area (TPSA) is 12.5 Å². The van der Waals surface area contributed by atoms with Crippen LogP contribution in [0.25, 0.3) is 10.5 Å². The lowest BCUT2D eigenvalue weighted by Crippen LogP contribution is -2.03. The summed E-state index contributed by atoms with van der Waals surface area (Å²) in [6.07, 6.45) is 4.61. The molecule has 0 aliphatic carbocycles. The van der Waals surface area contributed by atoms with Crippen LogP contribution in [0.5, 0.6) is 5.75 Å². The molecule has 0 N–H and O–H groups in total. The summed E-state index contributed by atoms with van der Waals surface area (Å²) in [5.41, 5.74) is 4.89. The molecule has 1 atom stereocenters. The molecule has 0 aromatic heterocycles. The molecule has 0 bridgehead atoms. The maximum atomic E-state index is 6.09. The van der Waals surface area contributed by atoms with Gasteiger partial charge in [-0.1, -0.05) is 54.1 Å². The van der Waals surface area contributed by atoms with E-state index >= 15 is 0 Å². The Morgan fingerprint density at radius 2 is 1.59 bits per heavy atom. The monoisotopic (exact) mass is 435 g/mol. The Labute approximate surface area is 181 Å². The van der Waals surface area contributed by atoms with E-state index in [9.17, 15) is 0 Å². The predicted octanol–water partition coefficient (Wildman–Crippen LogP) is 7.27. The Morgan fingerprint density at radius 3 is 2.28 bits per heavy atom. The van der Waals surface area contributed by atoms with Gasteiger partial charge in [0.1, 0.15) is 5.75 Å². The quantitative estimate of drug-likeness (QED) is 0.316. The van der Waals surface area contributed by atoms with Gasteiger partial charge in [-0.2, -0.15) is 0 Å². The van der Waals surface area contributed by atoms with Gasteiger partial charge in [-0.05, 0) is 74.1 Å². The fourth-order valence-electron chi connectivity index (χ4n) is 3.35. The molecule has 3 aromatic carbocycles. The van der Waals surface area contributed by atoms with Crippen LogP contribution in [0.3, 0.4) is 0 Å². The third-order valence-electron chi connectivity index (χ3n) is 4.85. The molecular formula is C24H18ClNOS2. The van der Waals surface area contributed by atoms with Gasteiger partial charge in [0, 0.05) is 26.6 Å². The van der Waals surface area contributed by atoms with Gasteiger partial charge < -0.3 is 4.74 Å². The van der Waals surface area contributed by atoms with Crippen molar-refractivity contribution >= 4 is 53.1 Å². The highest BCUT2D eigenvalue weighted by Gasteiger charge is 2.30. The zero-order valence-corrected chi connectivity index (χ0v) is 18.1. The number of allylic oxidation sites excluding steroid dienone is 2. The molecule has 144 valence electrons. The van der Waals surface area contributed by atoms with E-state index in [0.29, 0.717) is 0 Å².